The molecule has 0 aliphatic heterocycles. The quantitative estimate of drug-likeness (QED) is 0.940. The molecule has 1 saturated carbocycles. The molecular formula is C15H18ClN3O. The predicted octanol–water partition coefficient (Wildman–Crippen LogP) is 3.08. The number of nitrogens with two attached hydrogens (primary N) is 1. The molecule has 2 aromatic rings. The molecule has 2 N–H and O–H groups in total. The van der Waals surface area contributed by atoms with Crippen LogP contribution in [0.15, 0.2) is 28.8 Å². The van der Waals surface area contributed by atoms with E-state index in [1.54, 1.807) is 0 Å². The van der Waals surface area contributed by atoms with Crippen molar-refractivity contribution in [3.05, 3.63) is 46.6 Å². The Morgan fingerprint density at radius 1 is 1.30 bits per heavy atom. The van der Waals surface area contributed by atoms with Crippen LogP contribution in [0.2, 0.25) is 5.02 Å². The van der Waals surface area contributed by atoms with Gasteiger partial charge in [0.05, 0.1) is 5.41 Å². The zero-order valence-electron chi connectivity index (χ0n) is 11.3. The lowest BCUT2D eigenvalue weighted by Crippen LogP contribution is -2.32. The molecule has 0 atom stereocenters. The van der Waals surface area contributed by atoms with Crippen molar-refractivity contribution in [3.63, 3.8) is 0 Å². The Kier molecular flexibility index (Phi) is 3.76. The minimum absolute atomic E-state index is 0.0976. The smallest absolute Gasteiger partial charge is 0.234 e. The molecule has 0 radical (unpaired) electrons. The second kappa shape index (κ2) is 5.54. The van der Waals surface area contributed by atoms with Gasteiger partial charge in [-0.1, -0.05) is 41.7 Å². The largest absolute Gasteiger partial charge is 0.339 e. The molecule has 1 aliphatic carbocycles. The summed E-state index contributed by atoms with van der Waals surface area (Å²) >= 11 is 5.98. The van der Waals surface area contributed by atoms with E-state index in [0.717, 1.165) is 23.4 Å². The fraction of sp³-hybridized carbons (Fsp3) is 0.467. The summed E-state index contributed by atoms with van der Waals surface area (Å²) in [6.45, 7) is 0.575. The van der Waals surface area contributed by atoms with E-state index in [-0.39, 0.29) is 5.41 Å². The molecule has 4 nitrogen and oxygen atoms in total. The van der Waals surface area contributed by atoms with E-state index in [4.69, 9.17) is 21.9 Å². The normalized spacial score (nSPS) is 17.5. The number of nitrogens with zero attached hydrogens (tertiary/aromatic N) is 2. The zero-order chi connectivity index (χ0) is 14.0. The van der Waals surface area contributed by atoms with Gasteiger partial charge < -0.3 is 10.3 Å². The molecule has 1 fully saturated rings. The number of aromatic nitrogens is 2. The Bertz CT molecular complexity index is 590. The summed E-state index contributed by atoms with van der Waals surface area (Å²) < 4.78 is 5.47. The van der Waals surface area contributed by atoms with Crippen molar-refractivity contribution in [1.29, 1.82) is 0 Å². The van der Waals surface area contributed by atoms with Crippen LogP contribution >= 0.6 is 11.6 Å². The number of hydrogen-bond donors (Lipinski definition) is 1. The lowest BCUT2D eigenvalue weighted by atomic mass is 9.86. The van der Waals surface area contributed by atoms with Gasteiger partial charge in [0.2, 0.25) is 5.89 Å². The summed E-state index contributed by atoms with van der Waals surface area (Å²) in [6, 6.07) is 7.72. The highest BCUT2D eigenvalue weighted by molar-refractivity contribution is 6.30. The van der Waals surface area contributed by atoms with Gasteiger partial charge in [-0.15, -0.1) is 0 Å². The fourth-order valence-electron chi connectivity index (χ4n) is 2.93. The maximum absolute atomic E-state index is 5.98. The fourth-order valence-corrected chi connectivity index (χ4v) is 3.14. The monoisotopic (exact) mass is 291 g/mol. The van der Waals surface area contributed by atoms with Crippen molar-refractivity contribution in [3.8, 4) is 0 Å². The van der Waals surface area contributed by atoms with Crippen molar-refractivity contribution >= 4 is 11.6 Å². The third kappa shape index (κ3) is 2.58. The Morgan fingerprint density at radius 3 is 2.80 bits per heavy atom. The minimum atomic E-state index is -0.0976. The van der Waals surface area contributed by atoms with Gasteiger partial charge in [0, 0.05) is 18.0 Å². The summed E-state index contributed by atoms with van der Waals surface area (Å²) in [6.07, 6.45) is 5.09. The summed E-state index contributed by atoms with van der Waals surface area (Å²) in [7, 11) is 0. The average molecular weight is 292 g/mol. The first-order valence-corrected chi connectivity index (χ1v) is 7.37. The van der Waals surface area contributed by atoms with Gasteiger partial charge in [-0.25, -0.2) is 0 Å². The Hall–Kier alpha value is -1.39. The van der Waals surface area contributed by atoms with Crippen LogP contribution in [0.25, 0.3) is 0 Å². The summed E-state index contributed by atoms with van der Waals surface area (Å²) in [5.74, 6) is 1.40. The number of rotatable bonds is 4. The molecule has 106 valence electrons. The van der Waals surface area contributed by atoms with Gasteiger partial charge >= 0.3 is 0 Å². The molecule has 0 bridgehead atoms. The molecule has 1 heterocycles. The molecule has 3 rings (SSSR count). The SMILES string of the molecule is NCC1(c2nc(Cc3cccc(Cl)c3)no2)CCCC1. The lowest BCUT2D eigenvalue weighted by Gasteiger charge is -2.21. The molecule has 1 aromatic heterocycles. The van der Waals surface area contributed by atoms with Crippen molar-refractivity contribution in [1.82, 2.24) is 10.1 Å². The number of benzene rings is 1. The molecule has 1 aromatic carbocycles. The van der Waals surface area contributed by atoms with Crippen molar-refractivity contribution in [2.75, 3.05) is 6.54 Å². The highest BCUT2D eigenvalue weighted by atomic mass is 35.5. The molecule has 5 heteroatoms. The predicted molar refractivity (Wildman–Crippen MR) is 77.8 cm³/mol. The molecule has 0 unspecified atom stereocenters. The first-order chi connectivity index (χ1) is 9.72. The van der Waals surface area contributed by atoms with Crippen LogP contribution in [0.4, 0.5) is 0 Å². The van der Waals surface area contributed by atoms with Crippen LogP contribution in [-0.4, -0.2) is 16.7 Å². The van der Waals surface area contributed by atoms with Crippen LogP contribution in [0.1, 0.15) is 43.0 Å². The average Bonchev–Trinajstić information content (AvgIpc) is 3.08. The molecule has 20 heavy (non-hydrogen) atoms. The van der Waals surface area contributed by atoms with Crippen LogP contribution < -0.4 is 5.73 Å². The van der Waals surface area contributed by atoms with E-state index in [9.17, 15) is 0 Å². The summed E-state index contributed by atoms with van der Waals surface area (Å²) in [5.41, 5.74) is 6.92. The molecule has 1 aliphatic rings. The van der Waals surface area contributed by atoms with E-state index in [0.29, 0.717) is 24.7 Å². The second-order valence-corrected chi connectivity index (χ2v) is 5.95. The Labute approximate surface area is 123 Å². The third-order valence-corrected chi connectivity index (χ3v) is 4.36. The van der Waals surface area contributed by atoms with Crippen LogP contribution in [0.5, 0.6) is 0 Å². The van der Waals surface area contributed by atoms with E-state index in [1.165, 1.54) is 12.8 Å². The van der Waals surface area contributed by atoms with Gasteiger partial charge in [-0.05, 0) is 30.5 Å². The standard InChI is InChI=1S/C15H18ClN3O/c16-12-5-3-4-11(8-12)9-13-18-14(20-19-13)15(10-17)6-1-2-7-15/h3-5,8H,1-2,6-7,9-10,17H2. The number of halogens is 1. The third-order valence-electron chi connectivity index (χ3n) is 4.12. The van der Waals surface area contributed by atoms with Gasteiger partial charge in [0.25, 0.3) is 0 Å². The minimum Gasteiger partial charge on any atom is -0.339 e. The highest BCUT2D eigenvalue weighted by Crippen LogP contribution is 2.39. The topological polar surface area (TPSA) is 64.9 Å². The molecule has 0 amide bonds. The zero-order valence-corrected chi connectivity index (χ0v) is 12.1. The maximum Gasteiger partial charge on any atom is 0.234 e. The van der Waals surface area contributed by atoms with E-state index in [1.807, 2.05) is 24.3 Å². The Balaban J connectivity index is 1.80. The van der Waals surface area contributed by atoms with E-state index in [2.05, 4.69) is 10.1 Å². The number of hydrogen-bond acceptors (Lipinski definition) is 4. The highest BCUT2D eigenvalue weighted by Gasteiger charge is 2.39. The van der Waals surface area contributed by atoms with Crippen molar-refractivity contribution in [2.24, 2.45) is 5.73 Å². The molecular weight excluding hydrogens is 274 g/mol. The van der Waals surface area contributed by atoms with Crippen LogP contribution in [0, 0.1) is 0 Å². The van der Waals surface area contributed by atoms with Gasteiger partial charge in [-0.2, -0.15) is 4.98 Å². The Morgan fingerprint density at radius 2 is 2.10 bits per heavy atom. The van der Waals surface area contributed by atoms with Crippen LogP contribution in [0.3, 0.4) is 0 Å². The van der Waals surface area contributed by atoms with E-state index < -0.39 is 0 Å². The summed E-state index contributed by atoms with van der Waals surface area (Å²) in [4.78, 5) is 4.56. The van der Waals surface area contributed by atoms with E-state index >= 15 is 0 Å². The van der Waals surface area contributed by atoms with Gasteiger partial charge in [0.1, 0.15) is 0 Å². The first-order valence-electron chi connectivity index (χ1n) is 6.99. The maximum atomic E-state index is 5.98. The first kappa shape index (κ1) is 13.6. The van der Waals surface area contributed by atoms with Gasteiger partial charge in [0.15, 0.2) is 5.82 Å². The van der Waals surface area contributed by atoms with Crippen molar-refractivity contribution in [2.45, 2.75) is 37.5 Å². The van der Waals surface area contributed by atoms with Crippen molar-refractivity contribution < 1.29 is 4.52 Å². The second-order valence-electron chi connectivity index (χ2n) is 5.51. The molecule has 0 spiro atoms. The summed E-state index contributed by atoms with van der Waals surface area (Å²) in [5, 5.41) is 4.82. The van der Waals surface area contributed by atoms with Crippen LogP contribution in [-0.2, 0) is 11.8 Å². The van der Waals surface area contributed by atoms with Gasteiger partial charge in [-0.3, -0.25) is 0 Å². The molecule has 0 saturated heterocycles. The lowest BCUT2D eigenvalue weighted by molar-refractivity contribution is 0.283.